The fourth-order valence-corrected chi connectivity index (χ4v) is 1.83. The number of non-ortho nitro benzene ring substituents is 1. The van der Waals surface area contributed by atoms with Crippen molar-refractivity contribution in [1.82, 2.24) is 0 Å². The van der Waals surface area contributed by atoms with E-state index in [1.807, 2.05) is 0 Å². The van der Waals surface area contributed by atoms with Crippen LogP contribution in [0.3, 0.4) is 0 Å². The van der Waals surface area contributed by atoms with Gasteiger partial charge in [-0.05, 0) is 36.8 Å². The molecule has 0 saturated carbocycles. The highest BCUT2D eigenvalue weighted by molar-refractivity contribution is 5.93. The summed E-state index contributed by atoms with van der Waals surface area (Å²) in [6, 6.07) is 7.37. The van der Waals surface area contributed by atoms with Crippen LogP contribution >= 0.6 is 0 Å². The van der Waals surface area contributed by atoms with Crippen LogP contribution in [0, 0.1) is 22.9 Å². The first-order valence-corrected chi connectivity index (χ1v) is 6.23. The van der Waals surface area contributed by atoms with Crippen LogP contribution in [0.4, 0.5) is 10.1 Å². The fourth-order valence-electron chi connectivity index (χ4n) is 1.83. The minimum Gasteiger partial charge on any atom is -0.465 e. The van der Waals surface area contributed by atoms with Crippen molar-refractivity contribution < 1.29 is 23.6 Å². The van der Waals surface area contributed by atoms with Gasteiger partial charge in [-0.1, -0.05) is 0 Å². The summed E-state index contributed by atoms with van der Waals surface area (Å²) in [6.45, 7) is 1.62. The number of benzene rings is 2. The van der Waals surface area contributed by atoms with E-state index in [0.29, 0.717) is 5.56 Å². The molecule has 2 aromatic rings. The Kier molecular flexibility index (Phi) is 4.36. The van der Waals surface area contributed by atoms with Crippen molar-refractivity contribution in [2.45, 2.75) is 6.92 Å². The molecule has 0 saturated heterocycles. The van der Waals surface area contributed by atoms with Crippen molar-refractivity contribution in [1.29, 1.82) is 0 Å². The van der Waals surface area contributed by atoms with Crippen molar-refractivity contribution in [3.63, 3.8) is 0 Å². The lowest BCUT2D eigenvalue weighted by molar-refractivity contribution is -0.384. The molecule has 2 aromatic carbocycles. The molecule has 0 aliphatic carbocycles. The Hall–Kier alpha value is -2.96. The summed E-state index contributed by atoms with van der Waals surface area (Å²) < 4.78 is 23.3. The lowest BCUT2D eigenvalue weighted by Crippen LogP contribution is -2.04. The van der Waals surface area contributed by atoms with Gasteiger partial charge >= 0.3 is 5.97 Å². The molecule has 0 aliphatic rings. The lowest BCUT2D eigenvalue weighted by Gasteiger charge is -2.11. The zero-order chi connectivity index (χ0) is 16.3. The van der Waals surface area contributed by atoms with Crippen LogP contribution in [0.1, 0.15) is 15.9 Å². The molecule has 0 aliphatic heterocycles. The van der Waals surface area contributed by atoms with Crippen molar-refractivity contribution >= 4 is 11.7 Å². The third kappa shape index (κ3) is 3.20. The maximum atomic E-state index is 13.1. The summed E-state index contributed by atoms with van der Waals surface area (Å²) in [6.07, 6.45) is 0. The van der Waals surface area contributed by atoms with E-state index < -0.39 is 16.7 Å². The summed E-state index contributed by atoms with van der Waals surface area (Å²) >= 11 is 0. The first-order chi connectivity index (χ1) is 10.4. The highest BCUT2D eigenvalue weighted by atomic mass is 19.1. The third-order valence-corrected chi connectivity index (χ3v) is 2.94. The minimum absolute atomic E-state index is 0.0317. The van der Waals surface area contributed by atoms with Gasteiger partial charge in [-0.2, -0.15) is 0 Å². The number of rotatable bonds is 4. The Bertz CT molecular complexity index is 745. The number of methoxy groups -OCH3 is 1. The summed E-state index contributed by atoms with van der Waals surface area (Å²) in [7, 11) is 1.19. The summed E-state index contributed by atoms with van der Waals surface area (Å²) in [5, 5.41) is 10.9. The average molecular weight is 305 g/mol. The molecule has 6 nitrogen and oxygen atoms in total. The molecule has 7 heteroatoms. The van der Waals surface area contributed by atoms with Crippen molar-refractivity contribution in [3.05, 3.63) is 63.5 Å². The highest BCUT2D eigenvalue weighted by Crippen LogP contribution is 2.31. The smallest absolute Gasteiger partial charge is 0.341 e. The second kappa shape index (κ2) is 6.21. The van der Waals surface area contributed by atoms with E-state index in [1.165, 1.54) is 37.4 Å². The first-order valence-electron chi connectivity index (χ1n) is 6.23. The van der Waals surface area contributed by atoms with E-state index in [2.05, 4.69) is 4.74 Å². The van der Waals surface area contributed by atoms with E-state index in [4.69, 9.17) is 4.74 Å². The molecule has 0 N–H and O–H groups in total. The average Bonchev–Trinajstić information content (AvgIpc) is 2.49. The molecule has 0 spiro atoms. The number of ether oxygens (including phenoxy) is 2. The van der Waals surface area contributed by atoms with Gasteiger partial charge in [0.15, 0.2) is 0 Å². The molecule has 22 heavy (non-hydrogen) atoms. The molecule has 0 unspecified atom stereocenters. The van der Waals surface area contributed by atoms with Gasteiger partial charge in [0.25, 0.3) is 5.69 Å². The van der Waals surface area contributed by atoms with Gasteiger partial charge in [-0.3, -0.25) is 10.1 Å². The second-order valence-corrected chi connectivity index (χ2v) is 4.44. The zero-order valence-electron chi connectivity index (χ0n) is 11.8. The Morgan fingerprint density at radius 2 is 1.91 bits per heavy atom. The molecule has 0 atom stereocenters. The largest absolute Gasteiger partial charge is 0.465 e. The number of nitro groups is 1. The van der Waals surface area contributed by atoms with E-state index >= 15 is 0 Å². The number of esters is 1. The molecule has 114 valence electrons. The third-order valence-electron chi connectivity index (χ3n) is 2.94. The van der Waals surface area contributed by atoms with Crippen LogP contribution in [0.5, 0.6) is 11.5 Å². The van der Waals surface area contributed by atoms with Gasteiger partial charge in [0.2, 0.25) is 0 Å². The number of nitrogens with zero attached hydrogens (tertiary/aromatic N) is 1. The summed E-state index contributed by atoms with van der Waals surface area (Å²) in [5.74, 6) is -0.871. The van der Waals surface area contributed by atoms with Gasteiger partial charge in [0.1, 0.15) is 22.9 Å². The van der Waals surface area contributed by atoms with E-state index in [1.54, 1.807) is 6.92 Å². The zero-order valence-corrected chi connectivity index (χ0v) is 11.8. The van der Waals surface area contributed by atoms with E-state index in [0.717, 1.165) is 6.07 Å². The number of hydrogen-bond donors (Lipinski definition) is 0. The molecule has 2 rings (SSSR count). The minimum atomic E-state index is -0.690. The number of hydrogen-bond acceptors (Lipinski definition) is 5. The summed E-state index contributed by atoms with van der Waals surface area (Å²) in [5.41, 5.74) is 0.293. The molecule has 0 fully saturated rings. The number of carbonyl (C=O) groups excluding carboxylic acids is 1. The highest BCUT2D eigenvalue weighted by Gasteiger charge is 2.19. The quantitative estimate of drug-likeness (QED) is 0.489. The molecule has 0 radical (unpaired) electrons. The van der Waals surface area contributed by atoms with E-state index in [9.17, 15) is 19.3 Å². The van der Waals surface area contributed by atoms with Crippen molar-refractivity contribution in [2.75, 3.05) is 7.11 Å². The number of halogens is 1. The monoisotopic (exact) mass is 305 g/mol. The Balaban J connectivity index is 2.48. The van der Waals surface area contributed by atoms with E-state index in [-0.39, 0.29) is 22.7 Å². The topological polar surface area (TPSA) is 78.7 Å². The molecule has 0 heterocycles. The van der Waals surface area contributed by atoms with Crippen LogP contribution in [-0.4, -0.2) is 18.0 Å². The Labute approximate surface area is 125 Å². The van der Waals surface area contributed by atoms with Gasteiger partial charge in [-0.15, -0.1) is 0 Å². The standard InChI is InChI=1S/C15H12FNO5/c1-9-7-10(16)3-6-13(9)22-14-8-11(17(19)20)4-5-12(14)15(18)21-2/h3-8H,1-2H3. The van der Waals surface area contributed by atoms with Gasteiger partial charge < -0.3 is 9.47 Å². The normalized spacial score (nSPS) is 10.1. The maximum absolute atomic E-state index is 13.1. The van der Waals surface area contributed by atoms with Crippen LogP contribution < -0.4 is 4.74 Å². The van der Waals surface area contributed by atoms with Crippen LogP contribution in [0.25, 0.3) is 0 Å². The summed E-state index contributed by atoms with van der Waals surface area (Å²) in [4.78, 5) is 22.0. The second-order valence-electron chi connectivity index (χ2n) is 4.44. The predicted octanol–water partition coefficient (Wildman–Crippen LogP) is 3.62. The van der Waals surface area contributed by atoms with Gasteiger partial charge in [0, 0.05) is 6.07 Å². The van der Waals surface area contributed by atoms with Crippen LogP contribution in [-0.2, 0) is 4.74 Å². The molecule has 0 amide bonds. The van der Waals surface area contributed by atoms with Crippen molar-refractivity contribution in [3.8, 4) is 11.5 Å². The Morgan fingerprint density at radius 1 is 1.18 bits per heavy atom. The Morgan fingerprint density at radius 3 is 2.50 bits per heavy atom. The SMILES string of the molecule is COC(=O)c1ccc([N+](=O)[O-])cc1Oc1ccc(F)cc1C. The number of nitro benzene ring substituents is 1. The molecule has 0 bridgehead atoms. The lowest BCUT2D eigenvalue weighted by atomic mass is 10.1. The predicted molar refractivity (Wildman–Crippen MR) is 75.6 cm³/mol. The van der Waals surface area contributed by atoms with Gasteiger partial charge in [0.05, 0.1) is 18.1 Å². The molecule has 0 aromatic heterocycles. The number of carbonyl (C=O) groups is 1. The maximum Gasteiger partial charge on any atom is 0.341 e. The van der Waals surface area contributed by atoms with Crippen LogP contribution in [0.2, 0.25) is 0 Å². The molecular weight excluding hydrogens is 293 g/mol. The molecular formula is C15H12FNO5. The van der Waals surface area contributed by atoms with Gasteiger partial charge in [-0.25, -0.2) is 9.18 Å². The first kappa shape index (κ1) is 15.4. The van der Waals surface area contributed by atoms with Crippen LogP contribution in [0.15, 0.2) is 36.4 Å². The van der Waals surface area contributed by atoms with Crippen molar-refractivity contribution in [2.24, 2.45) is 0 Å². The number of aryl methyl sites for hydroxylation is 1. The fraction of sp³-hybridized carbons (Fsp3) is 0.133.